The van der Waals surface area contributed by atoms with Crippen LogP contribution in [0.15, 0.2) is 35.5 Å². The Kier molecular flexibility index (Phi) is 7.44. The highest BCUT2D eigenvalue weighted by molar-refractivity contribution is 5.44. The second kappa shape index (κ2) is 9.31. The van der Waals surface area contributed by atoms with Crippen molar-refractivity contribution in [2.75, 3.05) is 0 Å². The van der Waals surface area contributed by atoms with E-state index in [0.29, 0.717) is 17.8 Å². The lowest BCUT2D eigenvalue weighted by atomic mass is 9.60. The number of halogens is 2. The van der Waals surface area contributed by atoms with Gasteiger partial charge in [-0.1, -0.05) is 51.0 Å². The minimum atomic E-state index is -3.39. The summed E-state index contributed by atoms with van der Waals surface area (Å²) in [6.45, 7) is 12.1. The lowest BCUT2D eigenvalue weighted by molar-refractivity contribution is -0.103. The van der Waals surface area contributed by atoms with Crippen LogP contribution in [0.5, 0.6) is 0 Å². The Morgan fingerprint density at radius 2 is 1.91 bits per heavy atom. The summed E-state index contributed by atoms with van der Waals surface area (Å²) in [6.07, 6.45) is 8.12. The van der Waals surface area contributed by atoms with E-state index in [0.717, 1.165) is 51.4 Å². The van der Waals surface area contributed by atoms with Crippen LogP contribution in [0, 0.1) is 23.2 Å². The van der Waals surface area contributed by atoms with Gasteiger partial charge in [0.05, 0.1) is 11.7 Å². The molecule has 0 spiro atoms. The first-order valence-corrected chi connectivity index (χ1v) is 12.3. The molecule has 5 heteroatoms. The first-order chi connectivity index (χ1) is 14.8. The molecule has 32 heavy (non-hydrogen) atoms. The second-order valence-electron chi connectivity index (χ2n) is 11.5. The standard InChI is InChI=1S/C27H42F2O3/c1-17(8-6-14-25(3,4)32)20-12-13-22-19(9-7-15-26(20,22)5)10-11-21-18(2)23(30)16-24(31)27(21,28)29/h10-11,17,20,22-24,30-32H,2,6-9,12-16H2,1,3-5H3/b19-10+,21-11+/t17-,20?,22?,23+,24+,26?/m1/s1. The van der Waals surface area contributed by atoms with Gasteiger partial charge in [0.2, 0.25) is 0 Å². The highest BCUT2D eigenvalue weighted by Gasteiger charge is 2.51. The number of rotatable bonds is 6. The number of hydrogen-bond donors (Lipinski definition) is 3. The van der Waals surface area contributed by atoms with Crippen LogP contribution in [0.1, 0.15) is 85.5 Å². The van der Waals surface area contributed by atoms with Crippen molar-refractivity contribution in [3.05, 3.63) is 35.5 Å². The lowest BCUT2D eigenvalue weighted by Gasteiger charge is -2.44. The number of allylic oxidation sites excluding steroid dienone is 3. The fourth-order valence-electron chi connectivity index (χ4n) is 6.76. The van der Waals surface area contributed by atoms with Gasteiger partial charge in [0.25, 0.3) is 5.92 Å². The predicted molar refractivity (Wildman–Crippen MR) is 124 cm³/mol. The monoisotopic (exact) mass is 452 g/mol. The maximum Gasteiger partial charge on any atom is 0.298 e. The van der Waals surface area contributed by atoms with E-state index in [1.807, 2.05) is 19.9 Å². The first-order valence-electron chi connectivity index (χ1n) is 12.3. The topological polar surface area (TPSA) is 60.7 Å². The molecule has 0 aromatic rings. The fraction of sp³-hybridized carbons (Fsp3) is 0.778. The van der Waals surface area contributed by atoms with Crippen molar-refractivity contribution in [1.29, 1.82) is 0 Å². The molecule has 3 rings (SSSR count). The van der Waals surface area contributed by atoms with Crippen LogP contribution in [0.3, 0.4) is 0 Å². The minimum absolute atomic E-state index is 0.0143. The van der Waals surface area contributed by atoms with Crippen molar-refractivity contribution in [2.24, 2.45) is 23.2 Å². The van der Waals surface area contributed by atoms with E-state index in [2.05, 4.69) is 20.4 Å². The third kappa shape index (κ3) is 5.05. The quantitative estimate of drug-likeness (QED) is 0.467. The first kappa shape index (κ1) is 25.6. The zero-order valence-corrected chi connectivity index (χ0v) is 20.2. The Labute approximate surface area is 192 Å². The molecular formula is C27H42F2O3. The number of alkyl halides is 2. The lowest BCUT2D eigenvalue weighted by Crippen LogP contribution is -2.44. The minimum Gasteiger partial charge on any atom is -0.390 e. The molecule has 0 aromatic heterocycles. The number of fused-ring (bicyclic) bond motifs is 1. The SMILES string of the molecule is C=C1/C(=C\C=C2/CCCC3(C)C2CCC3[C@H](C)CCCC(C)(C)O)C(F)(F)[C@@H](O)C[C@@H]1O. The normalized spacial score (nSPS) is 38.8. The predicted octanol–water partition coefficient (Wildman–Crippen LogP) is 5.95. The summed E-state index contributed by atoms with van der Waals surface area (Å²) >= 11 is 0. The van der Waals surface area contributed by atoms with Crippen molar-refractivity contribution >= 4 is 0 Å². The van der Waals surface area contributed by atoms with Gasteiger partial charge in [0.1, 0.15) is 6.10 Å². The molecule has 0 amide bonds. The number of aliphatic hydroxyl groups is 3. The summed E-state index contributed by atoms with van der Waals surface area (Å²) in [4.78, 5) is 0. The van der Waals surface area contributed by atoms with Gasteiger partial charge in [-0.05, 0) is 81.1 Å². The Balaban J connectivity index is 1.77. The summed E-state index contributed by atoms with van der Waals surface area (Å²) in [5.41, 5.74) is 0.443. The molecule has 0 heterocycles. The third-order valence-electron chi connectivity index (χ3n) is 8.61. The Morgan fingerprint density at radius 3 is 2.56 bits per heavy atom. The molecule has 182 valence electrons. The third-order valence-corrected chi connectivity index (χ3v) is 8.61. The molecule has 3 nitrogen and oxygen atoms in total. The number of hydrogen-bond acceptors (Lipinski definition) is 3. The summed E-state index contributed by atoms with van der Waals surface area (Å²) in [7, 11) is 0. The molecule has 3 aliphatic carbocycles. The van der Waals surface area contributed by atoms with Gasteiger partial charge >= 0.3 is 0 Å². The van der Waals surface area contributed by atoms with Crippen LogP contribution in [0.25, 0.3) is 0 Å². The molecule has 3 N–H and O–H groups in total. The molecule has 3 aliphatic rings. The fourth-order valence-corrected chi connectivity index (χ4v) is 6.76. The smallest absolute Gasteiger partial charge is 0.298 e. The zero-order chi connectivity index (χ0) is 23.9. The van der Waals surface area contributed by atoms with E-state index < -0.39 is 23.7 Å². The van der Waals surface area contributed by atoms with Gasteiger partial charge in [-0.15, -0.1) is 0 Å². The van der Waals surface area contributed by atoms with Gasteiger partial charge in [0.15, 0.2) is 0 Å². The van der Waals surface area contributed by atoms with Gasteiger partial charge in [-0.3, -0.25) is 0 Å². The molecule has 3 unspecified atom stereocenters. The maximum absolute atomic E-state index is 14.6. The molecule has 3 saturated carbocycles. The summed E-state index contributed by atoms with van der Waals surface area (Å²) < 4.78 is 29.2. The van der Waals surface area contributed by atoms with E-state index in [1.54, 1.807) is 0 Å². The molecule has 3 fully saturated rings. The molecular weight excluding hydrogens is 410 g/mol. The van der Waals surface area contributed by atoms with E-state index in [9.17, 15) is 24.1 Å². The maximum atomic E-state index is 14.6. The van der Waals surface area contributed by atoms with Crippen molar-refractivity contribution in [1.82, 2.24) is 0 Å². The highest BCUT2D eigenvalue weighted by atomic mass is 19.3. The van der Waals surface area contributed by atoms with Crippen LogP contribution in [-0.4, -0.2) is 39.1 Å². The van der Waals surface area contributed by atoms with E-state index in [1.165, 1.54) is 11.6 Å². The molecule has 0 saturated heterocycles. The van der Waals surface area contributed by atoms with Crippen LogP contribution in [-0.2, 0) is 0 Å². The average Bonchev–Trinajstić information content (AvgIpc) is 3.03. The van der Waals surface area contributed by atoms with Crippen LogP contribution >= 0.6 is 0 Å². The summed E-state index contributed by atoms with van der Waals surface area (Å²) in [5.74, 6) is -1.84. The highest BCUT2D eigenvalue weighted by Crippen LogP contribution is 2.60. The average molecular weight is 453 g/mol. The Morgan fingerprint density at radius 1 is 1.22 bits per heavy atom. The molecule has 6 atom stereocenters. The summed E-state index contributed by atoms with van der Waals surface area (Å²) in [5, 5.41) is 29.9. The van der Waals surface area contributed by atoms with Gasteiger partial charge in [-0.2, -0.15) is 8.78 Å². The van der Waals surface area contributed by atoms with Crippen LogP contribution in [0.2, 0.25) is 0 Å². The molecule has 0 bridgehead atoms. The Bertz CT molecular complexity index is 763. The number of aliphatic hydroxyl groups excluding tert-OH is 2. The van der Waals surface area contributed by atoms with Gasteiger partial charge in [-0.25, -0.2) is 0 Å². The zero-order valence-electron chi connectivity index (χ0n) is 20.2. The Hall–Kier alpha value is -1.04. The van der Waals surface area contributed by atoms with E-state index in [-0.39, 0.29) is 23.0 Å². The van der Waals surface area contributed by atoms with Crippen molar-refractivity contribution in [2.45, 2.75) is 109 Å². The van der Waals surface area contributed by atoms with Gasteiger partial charge in [0, 0.05) is 12.0 Å². The van der Waals surface area contributed by atoms with Crippen LogP contribution in [0.4, 0.5) is 8.78 Å². The molecule has 0 aliphatic heterocycles. The molecule has 0 radical (unpaired) electrons. The van der Waals surface area contributed by atoms with Crippen molar-refractivity contribution in [3.63, 3.8) is 0 Å². The van der Waals surface area contributed by atoms with Gasteiger partial charge < -0.3 is 15.3 Å². The summed E-state index contributed by atoms with van der Waals surface area (Å²) in [6, 6.07) is 0. The van der Waals surface area contributed by atoms with E-state index >= 15 is 0 Å². The second-order valence-corrected chi connectivity index (χ2v) is 11.5. The van der Waals surface area contributed by atoms with E-state index in [4.69, 9.17) is 0 Å². The van der Waals surface area contributed by atoms with Crippen molar-refractivity contribution in [3.8, 4) is 0 Å². The van der Waals surface area contributed by atoms with Crippen molar-refractivity contribution < 1.29 is 24.1 Å². The largest absolute Gasteiger partial charge is 0.390 e. The molecule has 0 aromatic carbocycles. The van der Waals surface area contributed by atoms with Crippen LogP contribution < -0.4 is 0 Å².